The average Bonchev–Trinajstić information content (AvgIpc) is 2.75. The van der Waals surface area contributed by atoms with E-state index in [2.05, 4.69) is 51.3 Å². The molecule has 28 heavy (non-hydrogen) atoms. The van der Waals surface area contributed by atoms with Crippen molar-refractivity contribution in [3.63, 3.8) is 0 Å². The lowest BCUT2D eigenvalue weighted by Crippen LogP contribution is -2.31. The van der Waals surface area contributed by atoms with Crippen molar-refractivity contribution in [3.8, 4) is 11.6 Å². The van der Waals surface area contributed by atoms with Crippen LogP contribution in [0.15, 0.2) is 73.1 Å². The summed E-state index contributed by atoms with van der Waals surface area (Å²) in [6.45, 7) is 1.65. The van der Waals surface area contributed by atoms with Gasteiger partial charge in [-0.15, -0.1) is 0 Å². The molecule has 2 N–H and O–H groups in total. The van der Waals surface area contributed by atoms with Crippen LogP contribution in [0.2, 0.25) is 0 Å². The van der Waals surface area contributed by atoms with Crippen LogP contribution in [-0.2, 0) is 13.0 Å². The molecule has 0 fully saturated rings. The molecule has 2 heterocycles. The smallest absolute Gasteiger partial charge is 0.248 e. The van der Waals surface area contributed by atoms with Crippen LogP contribution in [-0.4, -0.2) is 16.5 Å². The fourth-order valence-electron chi connectivity index (χ4n) is 3.72. The lowest BCUT2D eigenvalue weighted by molar-refractivity contribution is 0.464. The van der Waals surface area contributed by atoms with Crippen molar-refractivity contribution >= 4 is 22.3 Å². The van der Waals surface area contributed by atoms with Crippen molar-refractivity contribution < 1.29 is 4.74 Å². The first-order valence-corrected chi connectivity index (χ1v) is 9.37. The van der Waals surface area contributed by atoms with E-state index in [1.807, 2.05) is 30.3 Å². The number of hydrogen-bond donors (Lipinski definition) is 1. The predicted molar refractivity (Wildman–Crippen MR) is 112 cm³/mol. The molecular weight excluding hydrogens is 348 g/mol. The van der Waals surface area contributed by atoms with E-state index >= 15 is 0 Å². The summed E-state index contributed by atoms with van der Waals surface area (Å²) in [5.74, 6) is 1.82. The minimum absolute atomic E-state index is 0.388. The SMILES string of the molecule is Nc1c(Oc2ccc3ccccc3c2)ncnc1N1CCc2ccccc2C1. The van der Waals surface area contributed by atoms with Gasteiger partial charge in [0.1, 0.15) is 17.8 Å². The molecule has 5 heteroatoms. The Morgan fingerprint density at radius 2 is 1.64 bits per heavy atom. The summed E-state index contributed by atoms with van der Waals surface area (Å²) in [5.41, 5.74) is 9.57. The maximum Gasteiger partial charge on any atom is 0.248 e. The Morgan fingerprint density at radius 3 is 2.54 bits per heavy atom. The van der Waals surface area contributed by atoms with Crippen LogP contribution >= 0.6 is 0 Å². The topological polar surface area (TPSA) is 64.3 Å². The van der Waals surface area contributed by atoms with Gasteiger partial charge in [-0.1, -0.05) is 54.6 Å². The van der Waals surface area contributed by atoms with Crippen LogP contribution in [0, 0.1) is 0 Å². The Hall–Kier alpha value is -3.60. The van der Waals surface area contributed by atoms with Crippen LogP contribution in [0.5, 0.6) is 11.6 Å². The molecule has 0 radical (unpaired) electrons. The maximum atomic E-state index is 6.40. The highest BCUT2D eigenvalue weighted by Gasteiger charge is 2.21. The molecule has 0 unspecified atom stereocenters. The van der Waals surface area contributed by atoms with Crippen molar-refractivity contribution in [2.45, 2.75) is 13.0 Å². The highest BCUT2D eigenvalue weighted by molar-refractivity contribution is 5.84. The number of hydrogen-bond acceptors (Lipinski definition) is 5. The van der Waals surface area contributed by atoms with E-state index in [1.165, 1.54) is 17.5 Å². The summed E-state index contributed by atoms with van der Waals surface area (Å²) in [6.07, 6.45) is 2.49. The second-order valence-electron chi connectivity index (χ2n) is 6.97. The largest absolute Gasteiger partial charge is 0.437 e. The zero-order chi connectivity index (χ0) is 18.9. The zero-order valence-electron chi connectivity index (χ0n) is 15.4. The van der Waals surface area contributed by atoms with Crippen molar-refractivity contribution in [2.75, 3.05) is 17.2 Å². The van der Waals surface area contributed by atoms with E-state index in [0.717, 1.165) is 36.1 Å². The Kier molecular flexibility index (Phi) is 4.05. The number of fused-ring (bicyclic) bond motifs is 2. The van der Waals surface area contributed by atoms with E-state index < -0.39 is 0 Å². The number of aromatic nitrogens is 2. The summed E-state index contributed by atoms with van der Waals surface area (Å²) in [5, 5.41) is 2.28. The molecule has 0 bridgehead atoms. The molecule has 0 saturated heterocycles. The second kappa shape index (κ2) is 6.85. The Bertz CT molecular complexity index is 1160. The van der Waals surface area contributed by atoms with Gasteiger partial charge in [-0.3, -0.25) is 0 Å². The molecule has 4 aromatic rings. The monoisotopic (exact) mass is 368 g/mol. The van der Waals surface area contributed by atoms with Crippen LogP contribution in [0.4, 0.5) is 11.5 Å². The summed E-state index contributed by atoms with van der Waals surface area (Å²) in [4.78, 5) is 10.9. The van der Waals surface area contributed by atoms with Gasteiger partial charge in [0.05, 0.1) is 0 Å². The molecule has 1 aliphatic rings. The third kappa shape index (κ3) is 3.01. The summed E-state index contributed by atoms with van der Waals surface area (Å²) in [6, 6.07) is 22.6. The molecule has 0 atom stereocenters. The van der Waals surface area contributed by atoms with E-state index in [1.54, 1.807) is 0 Å². The Balaban J connectivity index is 1.44. The second-order valence-corrected chi connectivity index (χ2v) is 6.97. The van der Waals surface area contributed by atoms with Gasteiger partial charge in [0.25, 0.3) is 0 Å². The molecular formula is C23H20N4O. The molecule has 5 rings (SSSR count). The number of anilines is 2. The lowest BCUT2D eigenvalue weighted by Gasteiger charge is -2.30. The number of nitrogens with zero attached hydrogens (tertiary/aromatic N) is 3. The molecule has 5 nitrogen and oxygen atoms in total. The third-order valence-electron chi connectivity index (χ3n) is 5.19. The first-order valence-electron chi connectivity index (χ1n) is 9.37. The van der Waals surface area contributed by atoms with Crippen molar-refractivity contribution in [1.82, 2.24) is 9.97 Å². The summed E-state index contributed by atoms with van der Waals surface area (Å²) < 4.78 is 6.02. The normalized spacial score (nSPS) is 13.4. The molecule has 138 valence electrons. The van der Waals surface area contributed by atoms with Crippen molar-refractivity contribution in [1.29, 1.82) is 0 Å². The molecule has 1 aromatic heterocycles. The van der Waals surface area contributed by atoms with Crippen LogP contribution in [0.1, 0.15) is 11.1 Å². The van der Waals surface area contributed by atoms with Crippen LogP contribution < -0.4 is 15.4 Å². The molecule has 0 amide bonds. The number of nitrogens with two attached hydrogens (primary N) is 1. The average molecular weight is 368 g/mol. The number of nitrogen functional groups attached to an aromatic ring is 1. The van der Waals surface area contributed by atoms with Gasteiger partial charge >= 0.3 is 0 Å². The fraction of sp³-hybridized carbons (Fsp3) is 0.130. The van der Waals surface area contributed by atoms with E-state index in [4.69, 9.17) is 10.5 Å². The summed E-state index contributed by atoms with van der Waals surface area (Å²) in [7, 11) is 0. The molecule has 0 aliphatic carbocycles. The predicted octanol–water partition coefficient (Wildman–Crippen LogP) is 4.57. The highest BCUT2D eigenvalue weighted by atomic mass is 16.5. The zero-order valence-corrected chi connectivity index (χ0v) is 15.4. The van der Waals surface area contributed by atoms with Crippen molar-refractivity contribution in [2.24, 2.45) is 0 Å². The molecule has 3 aromatic carbocycles. The Morgan fingerprint density at radius 1 is 0.857 bits per heavy atom. The van der Waals surface area contributed by atoms with Gasteiger partial charge in [-0.25, -0.2) is 4.98 Å². The Labute approximate surface area is 163 Å². The third-order valence-corrected chi connectivity index (χ3v) is 5.19. The van der Waals surface area contributed by atoms with Crippen molar-refractivity contribution in [3.05, 3.63) is 84.2 Å². The molecule has 0 saturated carbocycles. The van der Waals surface area contributed by atoms with E-state index in [0.29, 0.717) is 17.3 Å². The highest BCUT2D eigenvalue weighted by Crippen LogP contribution is 2.34. The first kappa shape index (κ1) is 16.6. The van der Waals surface area contributed by atoms with Gasteiger partial charge in [0.15, 0.2) is 5.82 Å². The number of ether oxygens (including phenoxy) is 1. The fourth-order valence-corrected chi connectivity index (χ4v) is 3.72. The van der Waals surface area contributed by atoms with Gasteiger partial charge in [-0.2, -0.15) is 4.98 Å². The lowest BCUT2D eigenvalue weighted by atomic mass is 10.00. The number of rotatable bonds is 3. The minimum Gasteiger partial charge on any atom is -0.437 e. The van der Waals surface area contributed by atoms with Gasteiger partial charge in [0.2, 0.25) is 5.88 Å². The quantitative estimate of drug-likeness (QED) is 0.574. The van der Waals surface area contributed by atoms with Gasteiger partial charge < -0.3 is 15.4 Å². The molecule has 1 aliphatic heterocycles. The first-order chi connectivity index (χ1) is 13.8. The van der Waals surface area contributed by atoms with Gasteiger partial charge in [0, 0.05) is 13.1 Å². The number of benzene rings is 3. The standard InChI is InChI=1S/C23H20N4O/c24-21-22(27-12-11-17-6-2-4-8-19(17)14-27)25-15-26-23(21)28-20-10-9-16-5-1-3-7-18(16)13-20/h1-10,13,15H,11-12,14,24H2. The molecule has 0 spiro atoms. The summed E-state index contributed by atoms with van der Waals surface area (Å²) >= 11 is 0. The van der Waals surface area contributed by atoms with Gasteiger partial charge in [-0.05, 0) is 40.5 Å². The van der Waals surface area contributed by atoms with E-state index in [-0.39, 0.29) is 0 Å². The van der Waals surface area contributed by atoms with Crippen LogP contribution in [0.25, 0.3) is 10.8 Å². The van der Waals surface area contributed by atoms with E-state index in [9.17, 15) is 0 Å². The minimum atomic E-state index is 0.388. The maximum absolute atomic E-state index is 6.40. The van der Waals surface area contributed by atoms with Crippen LogP contribution in [0.3, 0.4) is 0 Å².